The van der Waals surface area contributed by atoms with Crippen LogP contribution in [0.25, 0.3) is 11.1 Å². The normalized spacial score (nSPS) is 18.6. The summed E-state index contributed by atoms with van der Waals surface area (Å²) in [4.78, 5) is 0. The first-order chi connectivity index (χ1) is 11.5. The lowest BCUT2D eigenvalue weighted by molar-refractivity contribution is 0.00578. The van der Waals surface area contributed by atoms with Crippen molar-refractivity contribution in [3.05, 3.63) is 52.6 Å². The van der Waals surface area contributed by atoms with Crippen molar-refractivity contribution in [2.45, 2.75) is 66.6 Å². The van der Waals surface area contributed by atoms with Crippen molar-refractivity contribution in [2.75, 3.05) is 0 Å². The Kier molecular flexibility index (Phi) is 4.37. The van der Waals surface area contributed by atoms with E-state index in [0.717, 1.165) is 5.46 Å². The van der Waals surface area contributed by atoms with Crippen LogP contribution in [0.5, 0.6) is 0 Å². The van der Waals surface area contributed by atoms with Gasteiger partial charge in [-0.15, -0.1) is 0 Å². The number of rotatable bonds is 2. The Morgan fingerprint density at radius 3 is 1.48 bits per heavy atom. The molecule has 2 aromatic carbocycles. The largest absolute Gasteiger partial charge is 0.495 e. The third-order valence-corrected chi connectivity index (χ3v) is 5.64. The maximum Gasteiger partial charge on any atom is 0.495 e. The number of hydrogen-bond donors (Lipinski definition) is 0. The molecule has 2 aromatic rings. The number of hydrogen-bond acceptors (Lipinski definition) is 2. The molecule has 0 aromatic heterocycles. The van der Waals surface area contributed by atoms with Gasteiger partial charge in [-0.25, -0.2) is 0 Å². The highest BCUT2D eigenvalue weighted by molar-refractivity contribution is 6.63. The molecular formula is C22H29BO2. The van der Waals surface area contributed by atoms with Gasteiger partial charge >= 0.3 is 7.12 Å². The Morgan fingerprint density at radius 1 is 0.640 bits per heavy atom. The second kappa shape index (κ2) is 6.00. The fourth-order valence-electron chi connectivity index (χ4n) is 3.62. The fourth-order valence-corrected chi connectivity index (χ4v) is 3.62. The molecule has 25 heavy (non-hydrogen) atoms. The zero-order valence-corrected chi connectivity index (χ0v) is 16.8. The van der Waals surface area contributed by atoms with Crippen LogP contribution in [0.4, 0.5) is 0 Å². The summed E-state index contributed by atoms with van der Waals surface area (Å²) in [6.07, 6.45) is 0. The average Bonchev–Trinajstić information content (AvgIpc) is 2.65. The van der Waals surface area contributed by atoms with E-state index >= 15 is 0 Å². The summed E-state index contributed by atoms with van der Waals surface area (Å²) >= 11 is 0. The Hall–Kier alpha value is -1.58. The maximum atomic E-state index is 6.27. The Morgan fingerprint density at radius 2 is 1.04 bits per heavy atom. The molecule has 3 rings (SSSR count). The van der Waals surface area contributed by atoms with Crippen LogP contribution >= 0.6 is 0 Å². The van der Waals surface area contributed by atoms with Crippen LogP contribution in [0.2, 0.25) is 0 Å². The molecular weight excluding hydrogens is 307 g/mol. The monoisotopic (exact) mass is 336 g/mol. The molecule has 132 valence electrons. The van der Waals surface area contributed by atoms with Crippen LogP contribution in [-0.4, -0.2) is 18.3 Å². The zero-order chi connectivity index (χ0) is 18.6. The number of benzene rings is 2. The smallest absolute Gasteiger partial charge is 0.399 e. The molecule has 2 nitrogen and oxygen atoms in total. The third-order valence-electron chi connectivity index (χ3n) is 5.64. The van der Waals surface area contributed by atoms with E-state index in [1.54, 1.807) is 0 Å². The van der Waals surface area contributed by atoms with E-state index in [-0.39, 0.29) is 18.3 Å². The second-order valence-corrected chi connectivity index (χ2v) is 8.49. The van der Waals surface area contributed by atoms with E-state index in [1.807, 2.05) is 0 Å². The van der Waals surface area contributed by atoms with E-state index < -0.39 is 0 Å². The van der Waals surface area contributed by atoms with Crippen LogP contribution in [0.15, 0.2) is 30.3 Å². The van der Waals surface area contributed by atoms with E-state index in [1.165, 1.54) is 33.4 Å². The van der Waals surface area contributed by atoms with Crippen LogP contribution in [0.1, 0.15) is 49.9 Å². The third kappa shape index (κ3) is 3.28. The molecule has 1 heterocycles. The molecule has 0 N–H and O–H groups in total. The molecule has 0 unspecified atom stereocenters. The summed E-state index contributed by atoms with van der Waals surface area (Å²) in [5, 5.41) is 0. The highest BCUT2D eigenvalue weighted by Gasteiger charge is 2.52. The minimum Gasteiger partial charge on any atom is -0.399 e. The Balaban J connectivity index is 2.02. The summed E-state index contributed by atoms with van der Waals surface area (Å²) in [5.74, 6) is 0. The SMILES string of the molecule is Cc1cc(C)cc(-c2cc(C)c(B3OC(C)(C)C(C)(C)O3)c(C)c2)c1. The van der Waals surface area contributed by atoms with Gasteiger partial charge in [0.15, 0.2) is 0 Å². The average molecular weight is 336 g/mol. The lowest BCUT2D eigenvalue weighted by atomic mass is 9.72. The first-order valence-electron chi connectivity index (χ1n) is 9.06. The fraction of sp³-hybridized carbons (Fsp3) is 0.455. The van der Waals surface area contributed by atoms with Gasteiger partial charge < -0.3 is 9.31 Å². The molecule has 0 saturated carbocycles. The van der Waals surface area contributed by atoms with Crippen LogP contribution in [-0.2, 0) is 9.31 Å². The molecule has 0 amide bonds. The van der Waals surface area contributed by atoms with Gasteiger partial charge in [-0.2, -0.15) is 0 Å². The predicted octanol–water partition coefficient (Wildman–Crippen LogP) is 4.89. The molecule has 0 atom stereocenters. The van der Waals surface area contributed by atoms with E-state index in [9.17, 15) is 0 Å². The first-order valence-corrected chi connectivity index (χ1v) is 9.06. The first kappa shape index (κ1) is 18.2. The Bertz CT molecular complexity index is 762. The molecule has 0 aliphatic carbocycles. The van der Waals surface area contributed by atoms with E-state index in [2.05, 4.69) is 85.7 Å². The zero-order valence-electron chi connectivity index (χ0n) is 16.8. The van der Waals surface area contributed by atoms with Crippen LogP contribution in [0.3, 0.4) is 0 Å². The summed E-state index contributed by atoms with van der Waals surface area (Å²) in [6, 6.07) is 11.2. The van der Waals surface area contributed by atoms with Crippen LogP contribution in [0, 0.1) is 27.7 Å². The molecule has 1 aliphatic heterocycles. The van der Waals surface area contributed by atoms with Crippen molar-refractivity contribution < 1.29 is 9.31 Å². The van der Waals surface area contributed by atoms with Gasteiger partial charge in [0.2, 0.25) is 0 Å². The van der Waals surface area contributed by atoms with Gasteiger partial charge in [-0.1, -0.05) is 52.6 Å². The van der Waals surface area contributed by atoms with Gasteiger partial charge in [-0.3, -0.25) is 0 Å². The van der Waals surface area contributed by atoms with Gasteiger partial charge in [0.25, 0.3) is 0 Å². The van der Waals surface area contributed by atoms with Crippen molar-refractivity contribution in [1.82, 2.24) is 0 Å². The van der Waals surface area contributed by atoms with Crippen molar-refractivity contribution in [3.63, 3.8) is 0 Å². The maximum absolute atomic E-state index is 6.27. The highest BCUT2D eigenvalue weighted by atomic mass is 16.7. The van der Waals surface area contributed by atoms with Gasteiger partial charge in [-0.05, 0) is 72.0 Å². The van der Waals surface area contributed by atoms with Crippen molar-refractivity contribution in [3.8, 4) is 11.1 Å². The van der Waals surface area contributed by atoms with Gasteiger partial charge in [0.1, 0.15) is 0 Å². The standard InChI is InChI=1S/C22H29BO2/c1-14-9-15(2)11-18(10-14)19-12-16(3)20(17(4)13-19)23-24-21(5,6)22(7,8)25-23/h9-13H,1-8H3. The minimum atomic E-state index is -0.317. The molecule has 3 heteroatoms. The van der Waals surface area contributed by atoms with E-state index in [4.69, 9.17) is 9.31 Å². The van der Waals surface area contributed by atoms with Crippen molar-refractivity contribution in [1.29, 1.82) is 0 Å². The van der Waals surface area contributed by atoms with E-state index in [0.29, 0.717) is 0 Å². The van der Waals surface area contributed by atoms with Gasteiger partial charge in [0, 0.05) is 0 Å². The second-order valence-electron chi connectivity index (χ2n) is 8.49. The van der Waals surface area contributed by atoms with Crippen molar-refractivity contribution in [2.24, 2.45) is 0 Å². The molecule has 0 radical (unpaired) electrons. The van der Waals surface area contributed by atoms with Gasteiger partial charge in [0.05, 0.1) is 11.2 Å². The minimum absolute atomic E-state index is 0.307. The Labute approximate surface area is 152 Å². The van der Waals surface area contributed by atoms with Crippen LogP contribution < -0.4 is 5.46 Å². The topological polar surface area (TPSA) is 18.5 Å². The molecule has 1 saturated heterocycles. The molecule has 1 fully saturated rings. The quantitative estimate of drug-likeness (QED) is 0.727. The molecule has 0 bridgehead atoms. The molecule has 1 aliphatic rings. The summed E-state index contributed by atoms with van der Waals surface area (Å²) in [6.45, 7) is 17.0. The lowest BCUT2D eigenvalue weighted by Gasteiger charge is -2.32. The number of aryl methyl sites for hydroxylation is 4. The summed E-state index contributed by atoms with van der Waals surface area (Å²) < 4.78 is 12.5. The predicted molar refractivity (Wildman–Crippen MR) is 107 cm³/mol. The molecule has 0 spiro atoms. The summed E-state index contributed by atoms with van der Waals surface area (Å²) in [7, 11) is -0.307. The highest BCUT2D eigenvalue weighted by Crippen LogP contribution is 2.37. The van der Waals surface area contributed by atoms with Crippen molar-refractivity contribution >= 4 is 12.6 Å². The summed E-state index contributed by atoms with van der Waals surface area (Å²) in [5.41, 5.74) is 8.06. The lowest BCUT2D eigenvalue weighted by Crippen LogP contribution is -2.41.